The van der Waals surface area contributed by atoms with E-state index in [9.17, 15) is 12.8 Å². The van der Waals surface area contributed by atoms with Crippen molar-refractivity contribution in [2.45, 2.75) is 18.9 Å². The van der Waals surface area contributed by atoms with Crippen LogP contribution < -0.4 is 10.5 Å². The minimum absolute atomic E-state index is 0.110. The van der Waals surface area contributed by atoms with Gasteiger partial charge in [-0.25, -0.2) is 12.8 Å². The molecule has 0 amide bonds. The minimum atomic E-state index is -2.96. The Hall–Kier alpha value is -1.14. The zero-order valence-corrected chi connectivity index (χ0v) is 11.3. The number of rotatable bonds is 6. The van der Waals surface area contributed by atoms with E-state index in [-0.39, 0.29) is 17.5 Å². The van der Waals surface area contributed by atoms with Gasteiger partial charge in [0.1, 0.15) is 9.84 Å². The number of halogens is 1. The van der Waals surface area contributed by atoms with Gasteiger partial charge in [0, 0.05) is 18.1 Å². The molecule has 0 spiro atoms. The summed E-state index contributed by atoms with van der Waals surface area (Å²) in [5.74, 6) is -0.186. The van der Waals surface area contributed by atoms with E-state index >= 15 is 0 Å². The molecule has 1 rings (SSSR count). The Bertz CT molecular complexity index is 502. The van der Waals surface area contributed by atoms with Crippen LogP contribution >= 0.6 is 0 Å². The molecule has 2 N–H and O–H groups in total. The van der Waals surface area contributed by atoms with E-state index in [1.165, 1.54) is 19.4 Å². The first kappa shape index (κ1) is 14.9. The second kappa shape index (κ2) is 6.15. The fraction of sp³-hybridized carbons (Fsp3) is 0.500. The van der Waals surface area contributed by atoms with Crippen molar-refractivity contribution in [1.82, 2.24) is 0 Å². The minimum Gasteiger partial charge on any atom is -0.494 e. The molecule has 1 aromatic carbocycles. The number of nitrogens with two attached hydrogens (primary N) is 1. The Morgan fingerprint density at radius 3 is 2.67 bits per heavy atom. The zero-order valence-electron chi connectivity index (χ0n) is 10.5. The maximum absolute atomic E-state index is 13.2. The summed E-state index contributed by atoms with van der Waals surface area (Å²) in [6.45, 7) is 0. The molecule has 6 heteroatoms. The quantitative estimate of drug-likeness (QED) is 0.857. The third kappa shape index (κ3) is 4.62. The van der Waals surface area contributed by atoms with Gasteiger partial charge in [0.15, 0.2) is 11.6 Å². The number of methoxy groups -OCH3 is 1. The summed E-state index contributed by atoms with van der Waals surface area (Å²) >= 11 is 0. The molecule has 0 bridgehead atoms. The first-order valence-corrected chi connectivity index (χ1v) is 7.66. The van der Waals surface area contributed by atoms with Crippen molar-refractivity contribution in [2.75, 3.05) is 19.1 Å². The molecule has 0 fully saturated rings. The second-order valence-corrected chi connectivity index (χ2v) is 6.53. The van der Waals surface area contributed by atoms with Crippen molar-refractivity contribution in [2.24, 2.45) is 5.73 Å². The van der Waals surface area contributed by atoms with E-state index in [0.29, 0.717) is 12.8 Å². The molecule has 102 valence electrons. The highest BCUT2D eigenvalue weighted by Gasteiger charge is 2.11. The Kier molecular flexibility index (Phi) is 5.10. The lowest BCUT2D eigenvalue weighted by atomic mass is 10.0. The van der Waals surface area contributed by atoms with Crippen LogP contribution in [0, 0.1) is 5.82 Å². The molecule has 0 heterocycles. The van der Waals surface area contributed by atoms with Gasteiger partial charge in [-0.15, -0.1) is 0 Å². The van der Waals surface area contributed by atoms with Crippen LogP contribution in [0.25, 0.3) is 0 Å². The molecule has 4 nitrogen and oxygen atoms in total. The summed E-state index contributed by atoms with van der Waals surface area (Å²) in [4.78, 5) is 0. The molecule has 1 aromatic rings. The van der Waals surface area contributed by atoms with Crippen LogP contribution in [0.1, 0.15) is 24.4 Å². The summed E-state index contributed by atoms with van der Waals surface area (Å²) in [7, 11) is -1.58. The highest BCUT2D eigenvalue weighted by atomic mass is 32.2. The lowest BCUT2D eigenvalue weighted by Gasteiger charge is -2.13. The van der Waals surface area contributed by atoms with Gasteiger partial charge >= 0.3 is 0 Å². The summed E-state index contributed by atoms with van der Waals surface area (Å²) in [6, 6.07) is 4.11. The third-order valence-electron chi connectivity index (χ3n) is 2.63. The van der Waals surface area contributed by atoms with Crippen molar-refractivity contribution in [3.05, 3.63) is 29.6 Å². The normalized spacial score (nSPS) is 13.3. The Labute approximate surface area is 107 Å². The van der Waals surface area contributed by atoms with Crippen LogP contribution in [0.3, 0.4) is 0 Å². The first-order valence-electron chi connectivity index (χ1n) is 5.60. The van der Waals surface area contributed by atoms with Gasteiger partial charge in [0.25, 0.3) is 0 Å². The summed E-state index contributed by atoms with van der Waals surface area (Å²) in [5, 5.41) is 0. The predicted molar refractivity (Wildman–Crippen MR) is 68.8 cm³/mol. The van der Waals surface area contributed by atoms with E-state index in [1.54, 1.807) is 12.1 Å². The molecule has 0 saturated carbocycles. The molecule has 0 radical (unpaired) electrons. The van der Waals surface area contributed by atoms with E-state index < -0.39 is 15.7 Å². The number of hydrogen-bond acceptors (Lipinski definition) is 4. The van der Waals surface area contributed by atoms with Crippen LogP contribution in [0.15, 0.2) is 18.2 Å². The van der Waals surface area contributed by atoms with E-state index in [0.717, 1.165) is 5.56 Å². The predicted octanol–water partition coefficient (Wildman–Crippen LogP) is 1.66. The molecule has 0 aliphatic heterocycles. The van der Waals surface area contributed by atoms with E-state index in [4.69, 9.17) is 10.5 Å². The fourth-order valence-electron chi connectivity index (χ4n) is 1.64. The highest BCUT2D eigenvalue weighted by Crippen LogP contribution is 2.23. The van der Waals surface area contributed by atoms with Crippen molar-refractivity contribution >= 4 is 9.84 Å². The van der Waals surface area contributed by atoms with Gasteiger partial charge in [-0.1, -0.05) is 6.07 Å². The van der Waals surface area contributed by atoms with Crippen molar-refractivity contribution < 1.29 is 17.5 Å². The van der Waals surface area contributed by atoms with Crippen molar-refractivity contribution in [1.29, 1.82) is 0 Å². The monoisotopic (exact) mass is 275 g/mol. The average molecular weight is 275 g/mol. The third-order valence-corrected chi connectivity index (χ3v) is 3.66. The summed E-state index contributed by atoms with van der Waals surface area (Å²) in [6.07, 6.45) is 2.21. The molecule has 1 atom stereocenters. The number of hydrogen-bond donors (Lipinski definition) is 1. The maximum Gasteiger partial charge on any atom is 0.165 e. The van der Waals surface area contributed by atoms with Gasteiger partial charge in [0.2, 0.25) is 0 Å². The van der Waals surface area contributed by atoms with E-state index in [2.05, 4.69) is 0 Å². The molecule has 0 aromatic heterocycles. The number of sulfone groups is 1. The second-order valence-electron chi connectivity index (χ2n) is 4.27. The van der Waals surface area contributed by atoms with Crippen molar-refractivity contribution in [3.63, 3.8) is 0 Å². The van der Waals surface area contributed by atoms with Crippen LogP contribution in [0.5, 0.6) is 5.75 Å². The van der Waals surface area contributed by atoms with Crippen molar-refractivity contribution in [3.8, 4) is 5.75 Å². The van der Waals surface area contributed by atoms with E-state index in [1.807, 2.05) is 0 Å². The Balaban J connectivity index is 2.64. The fourth-order valence-corrected chi connectivity index (χ4v) is 2.33. The van der Waals surface area contributed by atoms with Gasteiger partial charge in [-0.05, 0) is 30.5 Å². The Morgan fingerprint density at radius 2 is 2.11 bits per heavy atom. The lowest BCUT2D eigenvalue weighted by molar-refractivity contribution is 0.385. The summed E-state index contributed by atoms with van der Waals surface area (Å²) < 4.78 is 40.0. The molecule has 1 unspecified atom stereocenters. The van der Waals surface area contributed by atoms with Crippen LogP contribution in [0.2, 0.25) is 0 Å². The van der Waals surface area contributed by atoms with Crippen LogP contribution in [-0.2, 0) is 9.84 Å². The molecule has 0 saturated heterocycles. The topological polar surface area (TPSA) is 69.4 Å². The molecule has 0 aliphatic rings. The number of benzene rings is 1. The highest BCUT2D eigenvalue weighted by molar-refractivity contribution is 7.90. The van der Waals surface area contributed by atoms with Gasteiger partial charge in [-0.3, -0.25) is 0 Å². The average Bonchev–Trinajstić information content (AvgIpc) is 2.27. The Morgan fingerprint density at radius 1 is 1.44 bits per heavy atom. The lowest BCUT2D eigenvalue weighted by Crippen LogP contribution is -2.13. The number of ether oxygens (including phenoxy) is 1. The molecule has 0 aliphatic carbocycles. The molecule has 18 heavy (non-hydrogen) atoms. The largest absolute Gasteiger partial charge is 0.494 e. The standard InChI is InChI=1S/C12H18FNO3S/c1-17-12-8-9(5-6-10(12)13)11(14)4-3-7-18(2,15)16/h5-6,8,11H,3-4,7,14H2,1-2H3. The van der Waals surface area contributed by atoms with Crippen LogP contribution in [-0.4, -0.2) is 27.5 Å². The van der Waals surface area contributed by atoms with Gasteiger partial charge in [0.05, 0.1) is 7.11 Å². The van der Waals surface area contributed by atoms with Crippen LogP contribution in [0.4, 0.5) is 4.39 Å². The summed E-state index contributed by atoms with van der Waals surface area (Å²) in [5.41, 5.74) is 6.66. The zero-order chi connectivity index (χ0) is 13.8. The smallest absolute Gasteiger partial charge is 0.165 e. The first-order chi connectivity index (χ1) is 8.33. The molecular formula is C12H18FNO3S. The maximum atomic E-state index is 13.2. The van der Waals surface area contributed by atoms with Gasteiger partial charge < -0.3 is 10.5 Å². The SMILES string of the molecule is COc1cc(C(N)CCCS(C)(=O)=O)ccc1F. The molecular weight excluding hydrogens is 257 g/mol. The van der Waals surface area contributed by atoms with Gasteiger partial charge in [-0.2, -0.15) is 0 Å².